The van der Waals surface area contributed by atoms with Crippen LogP contribution in [0.1, 0.15) is 18.9 Å². The summed E-state index contributed by atoms with van der Waals surface area (Å²) >= 11 is 6.27. The summed E-state index contributed by atoms with van der Waals surface area (Å²) in [5.74, 6) is 3.81. The van der Waals surface area contributed by atoms with Crippen molar-refractivity contribution in [1.82, 2.24) is 5.32 Å². The summed E-state index contributed by atoms with van der Waals surface area (Å²) < 4.78 is 10.4. The highest BCUT2D eigenvalue weighted by molar-refractivity contribution is 6.33. The molecule has 0 saturated carbocycles. The van der Waals surface area contributed by atoms with Crippen LogP contribution >= 0.6 is 11.6 Å². The van der Waals surface area contributed by atoms with Gasteiger partial charge in [0.2, 0.25) is 0 Å². The molecule has 18 heavy (non-hydrogen) atoms. The molecule has 1 aromatic carbocycles. The van der Waals surface area contributed by atoms with Gasteiger partial charge >= 0.3 is 0 Å². The fraction of sp³-hybridized carbons (Fsp3) is 0.429. The molecule has 0 aliphatic heterocycles. The van der Waals surface area contributed by atoms with E-state index in [1.165, 1.54) is 0 Å². The molecule has 1 N–H and O–H groups in total. The highest BCUT2D eigenvalue weighted by atomic mass is 35.5. The van der Waals surface area contributed by atoms with E-state index in [0.29, 0.717) is 29.5 Å². The third-order valence-electron chi connectivity index (χ3n) is 2.63. The second kappa shape index (κ2) is 7.15. The lowest BCUT2D eigenvalue weighted by molar-refractivity contribution is 0.354. The number of methoxy groups -OCH3 is 2. The van der Waals surface area contributed by atoms with Crippen molar-refractivity contribution in [3.05, 3.63) is 22.7 Å². The van der Waals surface area contributed by atoms with E-state index in [-0.39, 0.29) is 6.04 Å². The van der Waals surface area contributed by atoms with Crippen LogP contribution in [0.4, 0.5) is 0 Å². The first kappa shape index (κ1) is 14.7. The van der Waals surface area contributed by atoms with Crippen molar-refractivity contribution in [3.63, 3.8) is 0 Å². The minimum Gasteiger partial charge on any atom is -0.493 e. The number of ether oxygens (including phenoxy) is 2. The summed E-state index contributed by atoms with van der Waals surface area (Å²) in [6.45, 7) is 2.68. The van der Waals surface area contributed by atoms with Crippen molar-refractivity contribution in [3.8, 4) is 23.8 Å². The molecule has 98 valence electrons. The largest absolute Gasteiger partial charge is 0.493 e. The minimum atomic E-state index is 0.249. The van der Waals surface area contributed by atoms with Gasteiger partial charge in [-0.3, -0.25) is 0 Å². The zero-order valence-electron chi connectivity index (χ0n) is 10.9. The lowest BCUT2D eigenvalue weighted by Crippen LogP contribution is -2.25. The van der Waals surface area contributed by atoms with Crippen molar-refractivity contribution in [1.29, 1.82) is 0 Å². The lowest BCUT2D eigenvalue weighted by Gasteiger charge is -2.15. The van der Waals surface area contributed by atoms with Crippen molar-refractivity contribution < 1.29 is 9.47 Å². The molecule has 0 aromatic heterocycles. The van der Waals surface area contributed by atoms with Gasteiger partial charge < -0.3 is 14.8 Å². The second-order valence-electron chi connectivity index (χ2n) is 3.96. The molecule has 0 heterocycles. The van der Waals surface area contributed by atoms with Crippen LogP contribution in [-0.2, 0) is 6.54 Å². The Morgan fingerprint density at radius 3 is 2.67 bits per heavy atom. The van der Waals surface area contributed by atoms with E-state index in [1.54, 1.807) is 14.2 Å². The molecule has 1 unspecified atom stereocenters. The maximum atomic E-state index is 6.27. The van der Waals surface area contributed by atoms with Gasteiger partial charge in [-0.25, -0.2) is 0 Å². The molecule has 0 fully saturated rings. The van der Waals surface area contributed by atoms with E-state index in [1.807, 2.05) is 19.1 Å². The van der Waals surface area contributed by atoms with Crippen LogP contribution in [-0.4, -0.2) is 20.3 Å². The summed E-state index contributed by atoms with van der Waals surface area (Å²) in [5, 5.41) is 3.87. The quantitative estimate of drug-likeness (QED) is 0.804. The van der Waals surface area contributed by atoms with Gasteiger partial charge in [0, 0.05) is 19.0 Å². The molecular weight excluding hydrogens is 250 g/mol. The molecule has 1 atom stereocenters. The van der Waals surface area contributed by atoms with Crippen LogP contribution < -0.4 is 14.8 Å². The number of hydrogen-bond acceptors (Lipinski definition) is 3. The zero-order chi connectivity index (χ0) is 13.5. The van der Waals surface area contributed by atoms with Crippen LogP contribution in [0.15, 0.2) is 12.1 Å². The molecule has 0 aliphatic carbocycles. The third-order valence-corrected chi connectivity index (χ3v) is 3.04. The van der Waals surface area contributed by atoms with Crippen molar-refractivity contribution in [2.75, 3.05) is 14.2 Å². The Hall–Kier alpha value is -1.37. The molecule has 1 rings (SSSR count). The third kappa shape index (κ3) is 3.56. The molecule has 0 amide bonds. The summed E-state index contributed by atoms with van der Waals surface area (Å²) in [6, 6.07) is 4.01. The lowest BCUT2D eigenvalue weighted by atomic mass is 10.1. The fourth-order valence-electron chi connectivity index (χ4n) is 1.60. The molecule has 0 aliphatic rings. The smallest absolute Gasteiger partial charge is 0.179 e. The Balaban J connectivity index is 2.82. The summed E-state index contributed by atoms with van der Waals surface area (Å²) in [5.41, 5.74) is 0.957. The molecule has 0 bridgehead atoms. The van der Waals surface area contributed by atoms with Crippen molar-refractivity contribution in [2.45, 2.75) is 25.9 Å². The standard InChI is InChI=1S/C14H18ClNO2/c1-5-6-10(2)16-9-11-7-8-12(17-3)14(18-4)13(11)15/h1,7-8,10,16H,6,9H2,2-4H3. The Bertz CT molecular complexity index is 440. The number of benzene rings is 1. The fourth-order valence-corrected chi connectivity index (χ4v) is 1.90. The first-order chi connectivity index (χ1) is 8.63. The van der Waals surface area contributed by atoms with E-state index >= 15 is 0 Å². The van der Waals surface area contributed by atoms with Gasteiger partial charge in [0.05, 0.1) is 19.2 Å². The van der Waals surface area contributed by atoms with Gasteiger partial charge in [-0.15, -0.1) is 12.3 Å². The minimum absolute atomic E-state index is 0.249. The van der Waals surface area contributed by atoms with Crippen LogP contribution in [0.3, 0.4) is 0 Å². The van der Waals surface area contributed by atoms with Crippen LogP contribution in [0.2, 0.25) is 5.02 Å². The van der Waals surface area contributed by atoms with Gasteiger partial charge in [-0.1, -0.05) is 17.7 Å². The highest BCUT2D eigenvalue weighted by Crippen LogP contribution is 2.37. The van der Waals surface area contributed by atoms with Gasteiger partial charge in [-0.2, -0.15) is 0 Å². The normalized spacial score (nSPS) is 11.7. The van der Waals surface area contributed by atoms with Gasteiger partial charge in [0.1, 0.15) is 0 Å². The summed E-state index contributed by atoms with van der Waals surface area (Å²) in [4.78, 5) is 0. The second-order valence-corrected chi connectivity index (χ2v) is 4.34. The molecule has 1 aromatic rings. The molecule has 4 heteroatoms. The summed E-state index contributed by atoms with van der Waals surface area (Å²) in [6.07, 6.45) is 5.94. The predicted molar refractivity (Wildman–Crippen MR) is 74.3 cm³/mol. The van der Waals surface area contributed by atoms with E-state index < -0.39 is 0 Å². The SMILES string of the molecule is C#CCC(C)NCc1ccc(OC)c(OC)c1Cl. The maximum Gasteiger partial charge on any atom is 0.179 e. The van der Waals surface area contributed by atoms with Crippen LogP contribution in [0, 0.1) is 12.3 Å². The van der Waals surface area contributed by atoms with E-state index in [2.05, 4.69) is 11.2 Å². The Kier molecular flexibility index (Phi) is 5.84. The van der Waals surface area contributed by atoms with Crippen LogP contribution in [0.5, 0.6) is 11.5 Å². The first-order valence-corrected chi connectivity index (χ1v) is 6.08. The topological polar surface area (TPSA) is 30.5 Å². The average Bonchev–Trinajstić information content (AvgIpc) is 2.37. The van der Waals surface area contributed by atoms with Crippen LogP contribution in [0.25, 0.3) is 0 Å². The number of terminal acetylenes is 1. The van der Waals surface area contributed by atoms with Crippen molar-refractivity contribution in [2.24, 2.45) is 0 Å². The number of hydrogen-bond donors (Lipinski definition) is 1. The Morgan fingerprint density at radius 2 is 2.11 bits per heavy atom. The molecule has 0 saturated heterocycles. The predicted octanol–water partition coefficient (Wildman–Crippen LogP) is 2.86. The number of halogens is 1. The summed E-state index contributed by atoms with van der Waals surface area (Å²) in [7, 11) is 3.16. The maximum absolute atomic E-state index is 6.27. The van der Waals surface area contributed by atoms with Gasteiger partial charge in [-0.05, 0) is 18.6 Å². The highest BCUT2D eigenvalue weighted by Gasteiger charge is 2.13. The van der Waals surface area contributed by atoms with E-state index in [0.717, 1.165) is 5.56 Å². The first-order valence-electron chi connectivity index (χ1n) is 5.70. The van der Waals surface area contributed by atoms with Crippen molar-refractivity contribution >= 4 is 11.6 Å². The van der Waals surface area contributed by atoms with Gasteiger partial charge in [0.25, 0.3) is 0 Å². The number of rotatable bonds is 6. The Morgan fingerprint density at radius 1 is 1.39 bits per heavy atom. The monoisotopic (exact) mass is 267 g/mol. The molecular formula is C14H18ClNO2. The molecule has 0 radical (unpaired) electrons. The molecule has 0 spiro atoms. The van der Waals surface area contributed by atoms with E-state index in [9.17, 15) is 0 Å². The Labute approximate surface area is 113 Å². The zero-order valence-corrected chi connectivity index (χ0v) is 11.7. The van der Waals surface area contributed by atoms with Gasteiger partial charge in [0.15, 0.2) is 11.5 Å². The number of nitrogens with one attached hydrogen (secondary N) is 1. The molecule has 3 nitrogen and oxygen atoms in total. The van der Waals surface area contributed by atoms with E-state index in [4.69, 9.17) is 27.5 Å². The average molecular weight is 268 g/mol.